The average molecular weight is 228 g/mol. The molecule has 1 rings (SSSR count). The fraction of sp³-hybridized carbons (Fsp3) is 0.182. The molecule has 0 aromatic heterocycles. The number of hydrogen-bond donors (Lipinski definition) is 0. The Morgan fingerprint density at radius 1 is 1.40 bits per heavy atom. The number of rotatable bonds is 3. The Kier molecular flexibility index (Phi) is 4.49. The summed E-state index contributed by atoms with van der Waals surface area (Å²) in [7, 11) is 0. The van der Waals surface area contributed by atoms with Crippen molar-refractivity contribution < 1.29 is 13.6 Å². The molecular weight excluding hydrogens is 218 g/mol. The van der Waals surface area contributed by atoms with Crippen LogP contribution in [0, 0.1) is 5.82 Å². The van der Waals surface area contributed by atoms with E-state index in [2.05, 4.69) is 0 Å². The first-order valence-electron chi connectivity index (χ1n) is 4.43. The molecule has 0 fully saturated rings. The summed E-state index contributed by atoms with van der Waals surface area (Å²) in [5.74, 6) is -0.668. The van der Waals surface area contributed by atoms with Gasteiger partial charge in [0.05, 0.1) is 0 Å². The van der Waals surface area contributed by atoms with E-state index in [1.165, 1.54) is 24.3 Å². The molecule has 0 aliphatic heterocycles. The molecule has 1 aromatic carbocycles. The predicted octanol–water partition coefficient (Wildman–Crippen LogP) is 3.42. The normalized spacial score (nSPS) is 11.5. The molecule has 15 heavy (non-hydrogen) atoms. The molecule has 0 saturated carbocycles. The van der Waals surface area contributed by atoms with Crippen molar-refractivity contribution in [1.29, 1.82) is 0 Å². The summed E-state index contributed by atoms with van der Waals surface area (Å²) in [6.45, 7) is 1.77. The second kappa shape index (κ2) is 5.66. The summed E-state index contributed by atoms with van der Waals surface area (Å²) in [5, 5.41) is -0.596. The van der Waals surface area contributed by atoms with E-state index in [1.54, 1.807) is 6.92 Å². The van der Waals surface area contributed by atoms with Gasteiger partial charge in [-0.25, -0.2) is 8.78 Å². The number of thioether (sulfide) groups is 1. The zero-order chi connectivity index (χ0) is 11.3. The van der Waals surface area contributed by atoms with Gasteiger partial charge in [0, 0.05) is 0 Å². The van der Waals surface area contributed by atoms with E-state index in [-0.39, 0.29) is 5.82 Å². The highest BCUT2D eigenvalue weighted by Crippen LogP contribution is 2.15. The van der Waals surface area contributed by atoms with Crippen LogP contribution in [0.2, 0.25) is 0 Å². The minimum Gasteiger partial charge on any atom is -0.279 e. The lowest BCUT2D eigenvalue weighted by atomic mass is 10.2. The van der Waals surface area contributed by atoms with Gasteiger partial charge in [-0.3, -0.25) is 4.79 Å². The molecule has 0 N–H and O–H groups in total. The number of carbonyl (C=O) groups is 1. The Morgan fingerprint density at radius 2 is 2.00 bits per heavy atom. The van der Waals surface area contributed by atoms with Crippen molar-refractivity contribution in [3.8, 4) is 0 Å². The second-order valence-electron chi connectivity index (χ2n) is 2.76. The third-order valence-electron chi connectivity index (χ3n) is 1.63. The highest BCUT2D eigenvalue weighted by Gasteiger charge is 2.07. The largest absolute Gasteiger partial charge is 0.279 e. The zero-order valence-electron chi connectivity index (χ0n) is 8.17. The monoisotopic (exact) mass is 228 g/mol. The van der Waals surface area contributed by atoms with Crippen LogP contribution in [0.4, 0.5) is 8.78 Å². The van der Waals surface area contributed by atoms with E-state index < -0.39 is 10.9 Å². The van der Waals surface area contributed by atoms with Crippen molar-refractivity contribution >= 4 is 23.0 Å². The van der Waals surface area contributed by atoms with Gasteiger partial charge in [0.2, 0.25) is 5.12 Å². The van der Waals surface area contributed by atoms with Crippen molar-refractivity contribution in [2.75, 3.05) is 5.75 Å². The van der Waals surface area contributed by atoms with Crippen molar-refractivity contribution in [2.45, 2.75) is 6.92 Å². The Labute approximate surface area is 91.2 Å². The van der Waals surface area contributed by atoms with E-state index >= 15 is 0 Å². The summed E-state index contributed by atoms with van der Waals surface area (Å²) in [6, 6.07) is 5.27. The van der Waals surface area contributed by atoms with Gasteiger partial charge in [0.1, 0.15) is 5.82 Å². The smallest absolute Gasteiger partial charge is 0.247 e. The highest BCUT2D eigenvalue weighted by molar-refractivity contribution is 8.14. The Balaban J connectivity index is 2.78. The minimum absolute atomic E-state index is 0.387. The van der Waals surface area contributed by atoms with Gasteiger partial charge >= 0.3 is 0 Å². The van der Waals surface area contributed by atoms with Crippen LogP contribution in [0.1, 0.15) is 12.5 Å². The molecule has 0 saturated heterocycles. The first kappa shape index (κ1) is 11.9. The third-order valence-corrected chi connectivity index (χ3v) is 2.38. The fourth-order valence-electron chi connectivity index (χ4n) is 0.964. The van der Waals surface area contributed by atoms with Crippen LogP contribution >= 0.6 is 11.8 Å². The molecule has 0 aliphatic carbocycles. The maximum absolute atomic E-state index is 13.2. The molecule has 0 heterocycles. The molecule has 0 radical (unpaired) electrons. The second-order valence-corrected chi connectivity index (χ2v) is 4.00. The van der Waals surface area contributed by atoms with Crippen molar-refractivity contribution in [3.63, 3.8) is 0 Å². The van der Waals surface area contributed by atoms with Crippen LogP contribution in [-0.2, 0) is 4.79 Å². The first-order chi connectivity index (χ1) is 7.13. The van der Waals surface area contributed by atoms with Crippen molar-refractivity contribution in [2.24, 2.45) is 0 Å². The van der Waals surface area contributed by atoms with Crippen LogP contribution in [0.15, 0.2) is 30.1 Å². The molecule has 0 atom stereocenters. The third kappa shape index (κ3) is 3.83. The van der Waals surface area contributed by atoms with Gasteiger partial charge < -0.3 is 0 Å². The van der Waals surface area contributed by atoms with Gasteiger partial charge in [-0.1, -0.05) is 30.8 Å². The Hall–Kier alpha value is -1.16. The maximum atomic E-state index is 13.2. The standard InChI is InChI=1S/C11H10F2OS/c1-2-15-11(14)10(13)7-8-3-5-9(12)6-4-8/h3-7H,2H2,1H3/b10-7-. The molecule has 4 heteroatoms. The molecule has 0 spiro atoms. The lowest BCUT2D eigenvalue weighted by Gasteiger charge is -1.96. The fourth-order valence-corrected chi connectivity index (χ4v) is 1.42. The molecule has 1 nitrogen and oxygen atoms in total. The van der Waals surface area contributed by atoms with Crippen LogP contribution in [0.3, 0.4) is 0 Å². The number of carbonyl (C=O) groups excluding carboxylic acids is 1. The van der Waals surface area contributed by atoms with Gasteiger partial charge in [-0.15, -0.1) is 0 Å². The van der Waals surface area contributed by atoms with E-state index in [0.29, 0.717) is 11.3 Å². The van der Waals surface area contributed by atoms with Gasteiger partial charge in [0.25, 0.3) is 0 Å². The number of benzene rings is 1. The number of halogens is 2. The van der Waals surface area contributed by atoms with Crippen molar-refractivity contribution in [1.82, 2.24) is 0 Å². The average Bonchev–Trinajstić information content (AvgIpc) is 2.22. The first-order valence-corrected chi connectivity index (χ1v) is 5.42. The van der Waals surface area contributed by atoms with Crippen LogP contribution in [-0.4, -0.2) is 10.9 Å². The topological polar surface area (TPSA) is 17.1 Å². The van der Waals surface area contributed by atoms with Crippen LogP contribution in [0.5, 0.6) is 0 Å². The van der Waals surface area contributed by atoms with Crippen LogP contribution < -0.4 is 0 Å². The molecule has 0 unspecified atom stereocenters. The lowest BCUT2D eigenvalue weighted by molar-refractivity contribution is -0.109. The Bertz CT molecular complexity index is 371. The summed E-state index contributed by atoms with van der Waals surface area (Å²) in [4.78, 5) is 11.1. The summed E-state index contributed by atoms with van der Waals surface area (Å²) in [5.41, 5.74) is 0.471. The molecule has 0 bridgehead atoms. The van der Waals surface area contributed by atoms with E-state index in [1.807, 2.05) is 0 Å². The van der Waals surface area contributed by atoms with Gasteiger partial charge in [-0.2, -0.15) is 0 Å². The van der Waals surface area contributed by atoms with Crippen LogP contribution in [0.25, 0.3) is 6.08 Å². The highest BCUT2D eigenvalue weighted by atomic mass is 32.2. The summed E-state index contributed by atoms with van der Waals surface area (Å²) >= 11 is 0.906. The SMILES string of the molecule is CCSC(=O)/C(F)=C/c1ccc(F)cc1. The van der Waals surface area contributed by atoms with Crippen molar-refractivity contribution in [3.05, 3.63) is 41.5 Å². The molecule has 0 aliphatic rings. The van der Waals surface area contributed by atoms with Gasteiger partial charge in [0.15, 0.2) is 5.83 Å². The molecular formula is C11H10F2OS. The van der Waals surface area contributed by atoms with Gasteiger partial charge in [-0.05, 0) is 29.5 Å². The number of hydrogen-bond acceptors (Lipinski definition) is 2. The quantitative estimate of drug-likeness (QED) is 0.737. The summed E-state index contributed by atoms with van der Waals surface area (Å²) in [6.07, 6.45) is 1.10. The van der Waals surface area contributed by atoms with E-state index in [0.717, 1.165) is 17.8 Å². The van der Waals surface area contributed by atoms with E-state index in [9.17, 15) is 13.6 Å². The Morgan fingerprint density at radius 3 is 2.53 bits per heavy atom. The summed E-state index contributed by atoms with van der Waals surface area (Å²) < 4.78 is 25.7. The molecule has 1 aromatic rings. The predicted molar refractivity (Wildman–Crippen MR) is 58.6 cm³/mol. The minimum atomic E-state index is -0.812. The molecule has 80 valence electrons. The lowest BCUT2D eigenvalue weighted by Crippen LogP contribution is -1.92. The van der Waals surface area contributed by atoms with E-state index in [4.69, 9.17) is 0 Å². The maximum Gasteiger partial charge on any atom is 0.247 e. The zero-order valence-corrected chi connectivity index (χ0v) is 8.98. The molecule has 0 amide bonds.